The largest absolute Gasteiger partial charge is 0.481 e. The molecule has 0 aromatic heterocycles. The highest BCUT2D eigenvalue weighted by molar-refractivity contribution is 5.86. The van der Waals surface area contributed by atoms with E-state index in [0.29, 0.717) is 0 Å². The Morgan fingerprint density at radius 3 is 2.15 bits per heavy atom. The van der Waals surface area contributed by atoms with E-state index in [0.717, 1.165) is 12.8 Å². The van der Waals surface area contributed by atoms with E-state index >= 15 is 0 Å². The number of hydrogen-bond acceptors (Lipinski definition) is 3. The number of hydrogen-bond donors (Lipinski definition) is 1. The molecule has 2 heterocycles. The highest BCUT2D eigenvalue weighted by atomic mass is 16.5. The van der Waals surface area contributed by atoms with E-state index < -0.39 is 17.8 Å². The first-order valence-electron chi connectivity index (χ1n) is 4.50. The molecule has 4 atom stereocenters. The number of Topliss-reactive ketones (excluding diaryl/α,β-unsaturated/α-hetero) is 1. The predicted octanol–water partition coefficient (Wildman–Crippen LogP) is 0.454. The zero-order chi connectivity index (χ0) is 9.59. The van der Waals surface area contributed by atoms with Crippen LogP contribution in [-0.4, -0.2) is 29.1 Å². The van der Waals surface area contributed by atoms with Crippen LogP contribution in [0.15, 0.2) is 0 Å². The molecule has 2 unspecified atom stereocenters. The molecule has 0 aromatic rings. The molecule has 0 aromatic carbocycles. The molecule has 0 amide bonds. The predicted molar refractivity (Wildman–Crippen MR) is 43.2 cm³/mol. The van der Waals surface area contributed by atoms with Crippen molar-refractivity contribution in [2.24, 2.45) is 11.8 Å². The zero-order valence-corrected chi connectivity index (χ0v) is 7.40. The topological polar surface area (TPSA) is 63.6 Å². The van der Waals surface area contributed by atoms with Crippen molar-refractivity contribution in [2.45, 2.75) is 32.0 Å². The van der Waals surface area contributed by atoms with E-state index in [1.807, 2.05) is 0 Å². The lowest BCUT2D eigenvalue weighted by Gasteiger charge is -2.21. The van der Waals surface area contributed by atoms with Crippen molar-refractivity contribution in [3.05, 3.63) is 0 Å². The first kappa shape index (κ1) is 8.69. The van der Waals surface area contributed by atoms with Gasteiger partial charge in [0.1, 0.15) is 5.78 Å². The molecule has 72 valence electrons. The fraction of sp³-hybridized carbons (Fsp3) is 0.778. The SMILES string of the molecule is CC(=O)C1C(C(=O)O)[C@@H]2CC[C@H]1O2. The maximum atomic E-state index is 11.2. The van der Waals surface area contributed by atoms with Crippen molar-refractivity contribution in [2.75, 3.05) is 0 Å². The minimum absolute atomic E-state index is 0.0559. The molecule has 2 aliphatic rings. The molecular formula is C9H12O4. The van der Waals surface area contributed by atoms with Gasteiger partial charge in [-0.1, -0.05) is 0 Å². The number of ketones is 1. The van der Waals surface area contributed by atoms with Crippen LogP contribution in [0.1, 0.15) is 19.8 Å². The first-order valence-corrected chi connectivity index (χ1v) is 4.50. The summed E-state index contributed by atoms with van der Waals surface area (Å²) in [6, 6.07) is 0. The number of fused-ring (bicyclic) bond motifs is 2. The summed E-state index contributed by atoms with van der Waals surface area (Å²) in [6.45, 7) is 1.45. The van der Waals surface area contributed by atoms with Crippen LogP contribution in [-0.2, 0) is 14.3 Å². The Morgan fingerprint density at radius 2 is 1.77 bits per heavy atom. The molecule has 4 nitrogen and oxygen atoms in total. The molecule has 2 rings (SSSR count). The number of carbonyl (C=O) groups excluding carboxylic acids is 1. The minimum atomic E-state index is -0.896. The summed E-state index contributed by atoms with van der Waals surface area (Å²) >= 11 is 0. The van der Waals surface area contributed by atoms with E-state index in [4.69, 9.17) is 9.84 Å². The Morgan fingerprint density at radius 1 is 1.23 bits per heavy atom. The molecule has 0 saturated carbocycles. The van der Waals surface area contributed by atoms with E-state index in [-0.39, 0.29) is 18.0 Å². The fourth-order valence-electron chi connectivity index (χ4n) is 2.51. The van der Waals surface area contributed by atoms with Gasteiger partial charge in [-0.05, 0) is 19.8 Å². The number of carbonyl (C=O) groups is 2. The van der Waals surface area contributed by atoms with Crippen molar-refractivity contribution in [3.63, 3.8) is 0 Å². The summed E-state index contributed by atoms with van der Waals surface area (Å²) in [5, 5.41) is 8.92. The second-order valence-corrected chi connectivity index (χ2v) is 3.79. The van der Waals surface area contributed by atoms with Crippen LogP contribution < -0.4 is 0 Å². The smallest absolute Gasteiger partial charge is 0.309 e. The second-order valence-electron chi connectivity index (χ2n) is 3.79. The van der Waals surface area contributed by atoms with E-state index in [2.05, 4.69) is 0 Å². The molecule has 0 radical (unpaired) electrons. The highest BCUT2D eigenvalue weighted by Crippen LogP contribution is 2.43. The van der Waals surface area contributed by atoms with Gasteiger partial charge in [0, 0.05) is 0 Å². The van der Waals surface area contributed by atoms with Crippen LogP contribution in [0.5, 0.6) is 0 Å². The van der Waals surface area contributed by atoms with Gasteiger partial charge in [-0.2, -0.15) is 0 Å². The van der Waals surface area contributed by atoms with Gasteiger partial charge in [-0.25, -0.2) is 0 Å². The lowest BCUT2D eigenvalue weighted by molar-refractivity contribution is -0.147. The molecular weight excluding hydrogens is 172 g/mol. The Balaban J connectivity index is 2.24. The lowest BCUT2D eigenvalue weighted by atomic mass is 9.77. The Labute approximate surface area is 75.9 Å². The van der Waals surface area contributed by atoms with Crippen molar-refractivity contribution < 1.29 is 19.4 Å². The molecule has 2 fully saturated rings. The third-order valence-electron chi connectivity index (χ3n) is 3.03. The summed E-state index contributed by atoms with van der Waals surface area (Å²) in [5.41, 5.74) is 0. The van der Waals surface area contributed by atoms with Crippen molar-refractivity contribution in [1.82, 2.24) is 0 Å². The maximum absolute atomic E-state index is 11.2. The second kappa shape index (κ2) is 2.80. The first-order chi connectivity index (χ1) is 6.11. The van der Waals surface area contributed by atoms with Gasteiger partial charge < -0.3 is 9.84 Å². The number of carboxylic acids is 1. The molecule has 0 spiro atoms. The van der Waals surface area contributed by atoms with Crippen LogP contribution in [0, 0.1) is 11.8 Å². The third-order valence-corrected chi connectivity index (χ3v) is 3.03. The van der Waals surface area contributed by atoms with Crippen LogP contribution in [0.4, 0.5) is 0 Å². The van der Waals surface area contributed by atoms with Gasteiger partial charge in [0.25, 0.3) is 0 Å². The van der Waals surface area contributed by atoms with Gasteiger partial charge in [-0.15, -0.1) is 0 Å². The molecule has 0 aliphatic carbocycles. The third kappa shape index (κ3) is 1.16. The van der Waals surface area contributed by atoms with Crippen LogP contribution in [0.25, 0.3) is 0 Å². The molecule has 2 aliphatic heterocycles. The van der Waals surface area contributed by atoms with Gasteiger partial charge in [-0.3, -0.25) is 9.59 Å². The average Bonchev–Trinajstić information content (AvgIpc) is 2.60. The van der Waals surface area contributed by atoms with Crippen molar-refractivity contribution in [3.8, 4) is 0 Å². The highest BCUT2D eigenvalue weighted by Gasteiger charge is 2.54. The summed E-state index contributed by atoms with van der Waals surface area (Å²) in [5.74, 6) is -1.96. The van der Waals surface area contributed by atoms with Gasteiger partial charge >= 0.3 is 5.97 Å². The average molecular weight is 184 g/mol. The standard InChI is InChI=1S/C9H12O4/c1-4(10)7-5-2-3-6(13-5)8(7)9(11)12/h5-8H,2-3H2,1H3,(H,11,12)/t5-,6+,7?,8?/m1/s1. The summed E-state index contributed by atoms with van der Waals surface area (Å²) in [6.07, 6.45) is 1.25. The van der Waals surface area contributed by atoms with Crippen LogP contribution in [0.2, 0.25) is 0 Å². The minimum Gasteiger partial charge on any atom is -0.481 e. The number of aliphatic carboxylic acids is 1. The molecule has 1 N–H and O–H groups in total. The van der Waals surface area contributed by atoms with Gasteiger partial charge in [0.15, 0.2) is 0 Å². The monoisotopic (exact) mass is 184 g/mol. The molecule has 2 saturated heterocycles. The normalized spacial score (nSPS) is 42.2. The van der Waals surface area contributed by atoms with Crippen molar-refractivity contribution >= 4 is 11.8 Å². The van der Waals surface area contributed by atoms with Gasteiger partial charge in [0.2, 0.25) is 0 Å². The number of ether oxygens (including phenoxy) is 1. The van der Waals surface area contributed by atoms with E-state index in [9.17, 15) is 9.59 Å². The van der Waals surface area contributed by atoms with E-state index in [1.54, 1.807) is 0 Å². The Kier molecular flexibility index (Phi) is 1.87. The Bertz CT molecular complexity index is 234. The Hall–Kier alpha value is -0.900. The molecule has 13 heavy (non-hydrogen) atoms. The van der Waals surface area contributed by atoms with Gasteiger partial charge in [0.05, 0.1) is 24.0 Å². The summed E-state index contributed by atoms with van der Waals surface area (Å²) in [4.78, 5) is 22.1. The van der Waals surface area contributed by atoms with Crippen LogP contribution >= 0.6 is 0 Å². The summed E-state index contributed by atoms with van der Waals surface area (Å²) in [7, 11) is 0. The number of carboxylic acid groups (broad SMARTS) is 1. The molecule has 4 heteroatoms. The van der Waals surface area contributed by atoms with E-state index in [1.165, 1.54) is 6.92 Å². The lowest BCUT2D eigenvalue weighted by Crippen LogP contribution is -2.37. The molecule has 2 bridgehead atoms. The fourth-order valence-corrected chi connectivity index (χ4v) is 2.51. The quantitative estimate of drug-likeness (QED) is 0.676. The van der Waals surface area contributed by atoms with Crippen LogP contribution in [0.3, 0.4) is 0 Å². The maximum Gasteiger partial charge on any atom is 0.309 e. The zero-order valence-electron chi connectivity index (χ0n) is 7.40. The van der Waals surface area contributed by atoms with Crippen molar-refractivity contribution in [1.29, 1.82) is 0 Å². The summed E-state index contributed by atoms with van der Waals surface area (Å²) < 4.78 is 5.42. The number of rotatable bonds is 2.